The minimum atomic E-state index is -0.234. The van der Waals surface area contributed by atoms with E-state index in [1.54, 1.807) is 12.1 Å². The topological polar surface area (TPSA) is 12.5 Å². The van der Waals surface area contributed by atoms with Crippen LogP contribution < -0.4 is 0 Å². The highest BCUT2D eigenvalue weighted by Crippen LogP contribution is 2.25. The van der Waals surface area contributed by atoms with Crippen molar-refractivity contribution in [2.24, 2.45) is 0 Å². The zero-order valence-corrected chi connectivity index (χ0v) is 14.5. The molecule has 0 saturated carbocycles. The minimum Gasteiger partial charge on any atom is -0.463 e. The minimum absolute atomic E-state index is 0.154. The van der Waals surface area contributed by atoms with Crippen LogP contribution in [0.25, 0.3) is 0 Å². The van der Waals surface area contributed by atoms with Gasteiger partial charge in [-0.15, -0.1) is 0 Å². The lowest BCUT2D eigenvalue weighted by atomic mass is 10.0. The highest BCUT2D eigenvalue weighted by atomic mass is 32.1. The Balaban J connectivity index is 1.70. The predicted molar refractivity (Wildman–Crippen MR) is 98.4 cm³/mol. The smallest absolute Gasteiger partial charge is 0.259 e. The third-order valence-corrected chi connectivity index (χ3v) is 4.74. The van der Waals surface area contributed by atoms with E-state index < -0.39 is 0 Å². The Morgan fingerprint density at radius 2 is 1.71 bits per heavy atom. The zero-order chi connectivity index (χ0) is 16.8. The summed E-state index contributed by atoms with van der Waals surface area (Å²) in [6.45, 7) is 1.93. The molecule has 24 heavy (non-hydrogen) atoms. The lowest BCUT2D eigenvalue weighted by molar-refractivity contribution is 0.156. The molecule has 1 unspecified atom stereocenters. The molecule has 1 fully saturated rings. The number of likely N-dealkylation sites (tertiary alicyclic amines) is 1. The van der Waals surface area contributed by atoms with Crippen molar-refractivity contribution >= 4 is 17.4 Å². The summed E-state index contributed by atoms with van der Waals surface area (Å²) in [7, 11) is 0. The first kappa shape index (κ1) is 16.9. The summed E-state index contributed by atoms with van der Waals surface area (Å²) in [4.78, 5) is 2.12. The first-order chi connectivity index (χ1) is 11.7. The number of ether oxygens (including phenoxy) is 1. The number of hydrogen-bond donors (Lipinski definition) is 0. The van der Waals surface area contributed by atoms with Crippen LogP contribution in [0.2, 0.25) is 0 Å². The van der Waals surface area contributed by atoms with Crippen LogP contribution in [0.1, 0.15) is 36.5 Å². The number of halogens is 1. The molecule has 1 atom stereocenters. The van der Waals surface area contributed by atoms with Crippen molar-refractivity contribution in [2.75, 3.05) is 13.1 Å². The van der Waals surface area contributed by atoms with Crippen molar-refractivity contribution in [1.29, 1.82) is 0 Å². The van der Waals surface area contributed by atoms with Crippen molar-refractivity contribution in [2.45, 2.75) is 31.8 Å². The number of nitrogens with zero attached hydrogens (tertiary/aromatic N) is 1. The van der Waals surface area contributed by atoms with Gasteiger partial charge >= 0.3 is 0 Å². The fraction of sp³-hybridized carbons (Fsp3) is 0.350. The van der Waals surface area contributed by atoms with Gasteiger partial charge in [0.05, 0.1) is 0 Å². The van der Waals surface area contributed by atoms with E-state index in [4.69, 9.17) is 17.0 Å². The Labute approximate surface area is 148 Å². The molecular formula is C20H22FNOS. The average molecular weight is 343 g/mol. The van der Waals surface area contributed by atoms with E-state index in [2.05, 4.69) is 17.0 Å². The largest absolute Gasteiger partial charge is 0.463 e. The predicted octanol–water partition coefficient (Wildman–Crippen LogP) is 4.90. The van der Waals surface area contributed by atoms with Crippen LogP contribution in [0.15, 0.2) is 54.6 Å². The van der Waals surface area contributed by atoms with Crippen LogP contribution in [0.4, 0.5) is 4.39 Å². The van der Waals surface area contributed by atoms with Gasteiger partial charge in [0.2, 0.25) is 0 Å². The van der Waals surface area contributed by atoms with Crippen molar-refractivity contribution in [3.63, 3.8) is 0 Å². The second-order valence-electron chi connectivity index (χ2n) is 6.14. The van der Waals surface area contributed by atoms with E-state index >= 15 is 0 Å². The molecule has 2 aromatic carbocycles. The Bertz CT molecular complexity index is 653. The molecule has 0 aromatic heterocycles. The van der Waals surface area contributed by atoms with E-state index in [1.165, 1.54) is 17.7 Å². The van der Waals surface area contributed by atoms with Gasteiger partial charge in [0, 0.05) is 13.1 Å². The molecule has 0 aliphatic carbocycles. The molecule has 1 aliphatic rings. The fourth-order valence-corrected chi connectivity index (χ4v) is 3.31. The SMILES string of the molecule is Fc1ccc(C(CCc2ccccc2)OC(=S)N2CCCC2)cc1. The van der Waals surface area contributed by atoms with Crippen LogP contribution >= 0.6 is 12.2 Å². The Kier molecular flexibility index (Phi) is 5.81. The number of aryl methyl sites for hydroxylation is 1. The Morgan fingerprint density at radius 3 is 2.38 bits per heavy atom. The molecule has 0 N–H and O–H groups in total. The van der Waals surface area contributed by atoms with Gasteiger partial charge in [-0.3, -0.25) is 0 Å². The molecule has 3 rings (SSSR count). The first-order valence-electron chi connectivity index (χ1n) is 8.47. The van der Waals surface area contributed by atoms with E-state index in [0.717, 1.165) is 44.3 Å². The van der Waals surface area contributed by atoms with E-state index in [0.29, 0.717) is 5.17 Å². The van der Waals surface area contributed by atoms with Gasteiger partial charge in [-0.1, -0.05) is 42.5 Å². The number of benzene rings is 2. The van der Waals surface area contributed by atoms with Crippen LogP contribution in [-0.2, 0) is 11.2 Å². The Morgan fingerprint density at radius 1 is 1.04 bits per heavy atom. The quantitative estimate of drug-likeness (QED) is 0.717. The molecule has 2 aromatic rings. The molecule has 1 heterocycles. The van der Waals surface area contributed by atoms with E-state index in [9.17, 15) is 4.39 Å². The summed E-state index contributed by atoms with van der Waals surface area (Å²) >= 11 is 5.48. The van der Waals surface area contributed by atoms with Gasteiger partial charge in [-0.05, 0) is 61.2 Å². The maximum atomic E-state index is 13.2. The van der Waals surface area contributed by atoms with Crippen molar-refractivity contribution in [3.05, 3.63) is 71.5 Å². The van der Waals surface area contributed by atoms with Crippen molar-refractivity contribution < 1.29 is 9.13 Å². The average Bonchev–Trinajstić information content (AvgIpc) is 3.15. The van der Waals surface area contributed by atoms with Gasteiger partial charge in [0.1, 0.15) is 11.9 Å². The lowest BCUT2D eigenvalue weighted by Crippen LogP contribution is -2.29. The van der Waals surface area contributed by atoms with Gasteiger partial charge in [-0.2, -0.15) is 0 Å². The van der Waals surface area contributed by atoms with Crippen LogP contribution in [0.3, 0.4) is 0 Å². The highest BCUT2D eigenvalue weighted by Gasteiger charge is 2.21. The molecule has 0 radical (unpaired) electrons. The second kappa shape index (κ2) is 8.25. The standard InChI is InChI=1S/C20H22FNOS/c21-18-11-9-17(10-12-18)19(13-8-16-6-2-1-3-7-16)23-20(24)22-14-4-5-15-22/h1-3,6-7,9-12,19H,4-5,8,13-15H2. The van der Waals surface area contributed by atoms with Crippen LogP contribution in [0.5, 0.6) is 0 Å². The molecule has 0 bridgehead atoms. The Hall–Kier alpha value is -1.94. The molecule has 1 aliphatic heterocycles. The normalized spacial score (nSPS) is 15.3. The van der Waals surface area contributed by atoms with Gasteiger partial charge < -0.3 is 9.64 Å². The monoisotopic (exact) mass is 343 g/mol. The molecule has 4 heteroatoms. The number of rotatable bonds is 5. The van der Waals surface area contributed by atoms with E-state index in [-0.39, 0.29) is 11.9 Å². The summed E-state index contributed by atoms with van der Waals surface area (Å²) in [6.07, 6.45) is 3.87. The maximum Gasteiger partial charge on any atom is 0.259 e. The summed E-state index contributed by atoms with van der Waals surface area (Å²) in [5.41, 5.74) is 2.23. The fourth-order valence-electron chi connectivity index (χ4n) is 3.01. The highest BCUT2D eigenvalue weighted by molar-refractivity contribution is 7.80. The molecule has 126 valence electrons. The summed E-state index contributed by atoms with van der Waals surface area (Å²) in [6, 6.07) is 16.9. The molecule has 0 amide bonds. The van der Waals surface area contributed by atoms with Gasteiger partial charge in [0.25, 0.3) is 5.17 Å². The maximum absolute atomic E-state index is 13.2. The van der Waals surface area contributed by atoms with Crippen LogP contribution in [0, 0.1) is 5.82 Å². The van der Waals surface area contributed by atoms with Crippen molar-refractivity contribution in [1.82, 2.24) is 4.90 Å². The molecule has 0 spiro atoms. The lowest BCUT2D eigenvalue weighted by Gasteiger charge is -2.25. The first-order valence-corrected chi connectivity index (χ1v) is 8.88. The van der Waals surface area contributed by atoms with Crippen molar-refractivity contribution in [3.8, 4) is 0 Å². The second-order valence-corrected chi connectivity index (χ2v) is 6.49. The molecule has 1 saturated heterocycles. The van der Waals surface area contributed by atoms with Crippen LogP contribution in [-0.4, -0.2) is 23.2 Å². The molecular weight excluding hydrogens is 321 g/mol. The number of hydrogen-bond acceptors (Lipinski definition) is 2. The van der Waals surface area contributed by atoms with Gasteiger partial charge in [0.15, 0.2) is 0 Å². The summed E-state index contributed by atoms with van der Waals surface area (Å²) in [5, 5.41) is 0.565. The third kappa shape index (κ3) is 4.54. The van der Waals surface area contributed by atoms with E-state index in [1.807, 2.05) is 18.2 Å². The summed E-state index contributed by atoms with van der Waals surface area (Å²) < 4.78 is 19.4. The van der Waals surface area contributed by atoms with Gasteiger partial charge in [-0.25, -0.2) is 4.39 Å². The zero-order valence-electron chi connectivity index (χ0n) is 13.7. The number of thiocarbonyl (C=S) groups is 1. The summed E-state index contributed by atoms with van der Waals surface area (Å²) in [5.74, 6) is -0.234. The third-order valence-electron chi connectivity index (χ3n) is 4.39. The molecule has 2 nitrogen and oxygen atoms in total.